The number of benzene rings is 4. The number of Topliss-reactive ketones (excluding diaryl/α,β-unsaturated/α-hetero) is 1. The number of hydrogen-bond acceptors (Lipinski definition) is 6. The van der Waals surface area contributed by atoms with E-state index in [1.54, 1.807) is 55.6 Å². The third-order valence-corrected chi connectivity index (χ3v) is 19.0. The molecule has 4 aromatic rings. The van der Waals surface area contributed by atoms with Gasteiger partial charge >= 0.3 is 5.97 Å². The van der Waals surface area contributed by atoms with E-state index in [0.717, 1.165) is 61.2 Å². The highest BCUT2D eigenvalue weighted by Gasteiger charge is 2.37. The van der Waals surface area contributed by atoms with Crippen molar-refractivity contribution in [3.63, 3.8) is 0 Å². The van der Waals surface area contributed by atoms with Crippen molar-refractivity contribution in [2.75, 3.05) is 7.11 Å². The number of carbonyl (C=O) groups excluding carboxylic acids is 2. The van der Waals surface area contributed by atoms with Gasteiger partial charge in [-0.2, -0.15) is 0 Å². The van der Waals surface area contributed by atoms with E-state index in [-0.39, 0.29) is 5.78 Å². The highest BCUT2D eigenvalue weighted by atomic mass is 28.4. The monoisotopic (exact) mass is 682 g/mol. The Labute approximate surface area is 288 Å². The Morgan fingerprint density at radius 1 is 0.625 bits per heavy atom. The van der Waals surface area contributed by atoms with E-state index in [9.17, 15) is 9.59 Å². The number of rotatable bonds is 18. The number of hydrogen-bond donors (Lipinski definition) is 0. The van der Waals surface area contributed by atoms with Crippen LogP contribution in [0, 0.1) is 0 Å². The van der Waals surface area contributed by atoms with E-state index in [2.05, 4.69) is 39.1 Å². The summed E-state index contributed by atoms with van der Waals surface area (Å²) in [6, 6.07) is 34.4. The number of ether oxygens (including phenoxy) is 3. The zero-order chi connectivity index (χ0) is 34.6. The molecule has 4 aromatic carbocycles. The van der Waals surface area contributed by atoms with Crippen LogP contribution in [-0.2, 0) is 17.0 Å². The van der Waals surface area contributed by atoms with Gasteiger partial charge in [-0.25, -0.2) is 4.79 Å². The van der Waals surface area contributed by atoms with E-state index >= 15 is 0 Å². The van der Waals surface area contributed by atoms with Crippen LogP contribution in [-0.4, -0.2) is 35.5 Å². The highest BCUT2D eigenvalue weighted by Crippen LogP contribution is 2.32. The molecule has 0 saturated heterocycles. The average Bonchev–Trinajstić information content (AvgIpc) is 3.09. The van der Waals surface area contributed by atoms with Crippen molar-refractivity contribution in [3.05, 3.63) is 119 Å². The Morgan fingerprint density at radius 3 is 1.56 bits per heavy atom. The second kappa shape index (κ2) is 17.4. The third-order valence-electron chi connectivity index (χ3n) is 9.25. The van der Waals surface area contributed by atoms with Crippen LogP contribution >= 0.6 is 0 Å². The molecule has 48 heavy (non-hydrogen) atoms. The summed E-state index contributed by atoms with van der Waals surface area (Å²) in [4.78, 5) is 24.6. The first-order valence-electron chi connectivity index (χ1n) is 17.1. The minimum atomic E-state index is -1.92. The second-order valence-corrected chi connectivity index (χ2v) is 22.0. The van der Waals surface area contributed by atoms with Crippen LogP contribution in [0.1, 0.15) is 65.5 Å². The molecular formula is C40H50O6Si2. The van der Waals surface area contributed by atoms with Crippen molar-refractivity contribution in [1.29, 1.82) is 0 Å². The molecule has 2 unspecified atom stereocenters. The van der Waals surface area contributed by atoms with Crippen LogP contribution in [0.25, 0.3) is 0 Å². The van der Waals surface area contributed by atoms with Crippen molar-refractivity contribution in [2.45, 2.75) is 83.7 Å². The van der Waals surface area contributed by atoms with Crippen LogP contribution in [0.3, 0.4) is 0 Å². The van der Waals surface area contributed by atoms with E-state index < -0.39 is 22.6 Å². The van der Waals surface area contributed by atoms with Crippen molar-refractivity contribution in [3.8, 4) is 23.0 Å². The van der Waals surface area contributed by atoms with Crippen LogP contribution in [0.5, 0.6) is 23.0 Å². The van der Waals surface area contributed by atoms with E-state index in [4.69, 9.17) is 18.3 Å². The molecule has 0 aliphatic heterocycles. The Balaban J connectivity index is 1.31. The number of methoxy groups -OCH3 is 1. The maximum Gasteiger partial charge on any atom is 0.343 e. The second-order valence-electron chi connectivity index (χ2n) is 12.9. The number of para-hydroxylation sites is 2. The molecule has 8 heteroatoms. The Morgan fingerprint density at radius 2 is 1.08 bits per heavy atom. The molecule has 0 spiro atoms. The summed E-state index contributed by atoms with van der Waals surface area (Å²) >= 11 is 0. The van der Waals surface area contributed by atoms with Gasteiger partial charge in [0.2, 0.25) is 0 Å². The number of aryl methyl sites for hydroxylation is 2. The van der Waals surface area contributed by atoms with Gasteiger partial charge in [0.25, 0.3) is 0 Å². The fourth-order valence-electron chi connectivity index (χ4n) is 5.93. The first kappa shape index (κ1) is 36.8. The average molecular weight is 683 g/mol. The minimum Gasteiger partial charge on any atom is -0.496 e. The summed E-state index contributed by atoms with van der Waals surface area (Å²) in [5, 5.41) is 0. The lowest BCUT2D eigenvalue weighted by atomic mass is 10.1. The first-order chi connectivity index (χ1) is 23.1. The summed E-state index contributed by atoms with van der Waals surface area (Å²) in [6.07, 6.45) is 3.92. The molecule has 0 aliphatic carbocycles. The summed E-state index contributed by atoms with van der Waals surface area (Å²) < 4.78 is 24.5. The molecule has 0 amide bonds. The molecule has 254 valence electrons. The lowest BCUT2D eigenvalue weighted by Gasteiger charge is -2.38. The molecule has 0 heterocycles. The van der Waals surface area contributed by atoms with Gasteiger partial charge in [0.05, 0.1) is 12.7 Å². The molecule has 4 rings (SSSR count). The maximum absolute atomic E-state index is 13.1. The molecular weight excluding hydrogens is 633 g/mol. The molecule has 0 aliphatic rings. The minimum absolute atomic E-state index is 0.00480. The number of carbonyl (C=O) groups is 2. The van der Waals surface area contributed by atoms with Crippen molar-refractivity contribution in [2.24, 2.45) is 0 Å². The highest BCUT2D eigenvalue weighted by molar-refractivity contribution is 6.86. The van der Waals surface area contributed by atoms with Crippen LogP contribution < -0.4 is 14.2 Å². The fraction of sp³-hybridized carbons (Fsp3) is 0.350. The summed E-state index contributed by atoms with van der Waals surface area (Å²) in [5.74, 6) is 2.36. The molecule has 0 bridgehead atoms. The van der Waals surface area contributed by atoms with Crippen LogP contribution in [0.15, 0.2) is 97.1 Å². The van der Waals surface area contributed by atoms with Gasteiger partial charge in [-0.15, -0.1) is 0 Å². The van der Waals surface area contributed by atoms with Gasteiger partial charge < -0.3 is 18.3 Å². The van der Waals surface area contributed by atoms with E-state index in [1.165, 1.54) is 12.5 Å². The van der Waals surface area contributed by atoms with Gasteiger partial charge in [-0.1, -0.05) is 50.2 Å². The summed E-state index contributed by atoms with van der Waals surface area (Å²) in [7, 11) is -2.05. The fourth-order valence-corrected chi connectivity index (χ4v) is 15.2. The zero-order valence-corrected chi connectivity index (χ0v) is 31.3. The van der Waals surface area contributed by atoms with Gasteiger partial charge in [-0.05, 0) is 142 Å². The molecule has 0 fully saturated rings. The predicted molar refractivity (Wildman–Crippen MR) is 199 cm³/mol. The van der Waals surface area contributed by atoms with Gasteiger partial charge in [-0.3, -0.25) is 4.79 Å². The Hall–Kier alpha value is -3.99. The Bertz CT molecular complexity index is 1640. The smallest absolute Gasteiger partial charge is 0.343 e. The normalized spacial score (nSPS) is 13.6. The first-order valence-corrected chi connectivity index (χ1v) is 22.7. The number of ketones is 1. The SMILES string of the molecule is CC[Si](C)(CCCc1ccccc1OC)O[Si](C)(CC)CCCc1ccccc1OC(=O)c1ccc(Oc2ccc(C(C)=O)cc2)cc1. The molecule has 0 N–H and O–H groups in total. The van der Waals surface area contributed by atoms with Crippen molar-refractivity contribution in [1.82, 2.24) is 0 Å². The largest absolute Gasteiger partial charge is 0.496 e. The van der Waals surface area contributed by atoms with E-state index in [1.807, 2.05) is 36.4 Å². The maximum atomic E-state index is 13.1. The zero-order valence-electron chi connectivity index (χ0n) is 29.3. The molecule has 0 aromatic heterocycles. The van der Waals surface area contributed by atoms with Crippen LogP contribution in [0.4, 0.5) is 0 Å². The molecule has 0 radical (unpaired) electrons. The lowest BCUT2D eigenvalue weighted by molar-refractivity contribution is 0.0732. The van der Waals surface area contributed by atoms with Crippen LogP contribution in [0.2, 0.25) is 37.3 Å². The number of esters is 1. The molecule has 6 nitrogen and oxygen atoms in total. The van der Waals surface area contributed by atoms with E-state index in [0.29, 0.717) is 28.4 Å². The summed E-state index contributed by atoms with van der Waals surface area (Å²) in [5.41, 5.74) is 3.36. The lowest BCUT2D eigenvalue weighted by Crippen LogP contribution is -2.47. The standard InChI is InChI=1S/C40H50O6Si2/c1-7-47(5,29-13-17-33-15-9-11-19-38(33)43-4)46-48(6,8-2)30-14-18-34-16-10-12-20-39(34)45-40(42)35-23-27-37(28-24-35)44-36-25-21-32(22-26-36)31(3)41/h9-12,15-16,19-28H,7-8,13-14,17-18,29-30H2,1-6H3. The van der Waals surface area contributed by atoms with Gasteiger partial charge in [0, 0.05) is 5.56 Å². The quantitative estimate of drug-likeness (QED) is 0.0450. The van der Waals surface area contributed by atoms with Crippen molar-refractivity contribution < 1.29 is 27.9 Å². The molecule has 0 saturated carbocycles. The predicted octanol–water partition coefficient (Wildman–Crippen LogP) is 10.7. The third kappa shape index (κ3) is 10.5. The van der Waals surface area contributed by atoms with Gasteiger partial charge in [0.1, 0.15) is 23.0 Å². The summed E-state index contributed by atoms with van der Waals surface area (Å²) in [6.45, 7) is 10.9. The Kier molecular flexibility index (Phi) is 13.4. The molecule has 2 atom stereocenters. The van der Waals surface area contributed by atoms with Gasteiger partial charge in [0.15, 0.2) is 22.4 Å². The topological polar surface area (TPSA) is 71.1 Å². The van der Waals surface area contributed by atoms with Crippen molar-refractivity contribution >= 4 is 28.4 Å².